The number of pyridine rings is 1. The summed E-state index contributed by atoms with van der Waals surface area (Å²) in [7, 11) is 0. The normalized spacial score (nSPS) is 21.2. The Bertz CT molecular complexity index is 695. The Hall–Kier alpha value is -1.82. The largest absolute Gasteiger partial charge is 0.364 e. The molecule has 2 fully saturated rings. The van der Waals surface area contributed by atoms with Crippen molar-refractivity contribution in [3.63, 3.8) is 0 Å². The summed E-state index contributed by atoms with van der Waals surface area (Å²) in [6.45, 7) is 8.29. The molecule has 0 bridgehead atoms. The van der Waals surface area contributed by atoms with Crippen molar-refractivity contribution in [2.45, 2.75) is 58.0 Å². The van der Waals surface area contributed by atoms with Crippen LogP contribution in [0, 0.1) is 0 Å². The fourth-order valence-corrected chi connectivity index (χ4v) is 3.81. The topological polar surface area (TPSA) is 65.5 Å². The number of piperidine rings is 1. The Morgan fingerprint density at radius 2 is 1.96 bits per heavy atom. The fourth-order valence-electron chi connectivity index (χ4n) is 3.59. The lowest BCUT2D eigenvalue weighted by molar-refractivity contribution is -0.131. The van der Waals surface area contributed by atoms with E-state index in [1.54, 1.807) is 12.3 Å². The molecule has 0 aromatic carbocycles. The van der Waals surface area contributed by atoms with Gasteiger partial charge in [0.15, 0.2) is 0 Å². The lowest BCUT2D eigenvalue weighted by Gasteiger charge is -2.32. The summed E-state index contributed by atoms with van der Waals surface area (Å²) in [6, 6.07) is 1.64. The van der Waals surface area contributed by atoms with Crippen LogP contribution in [0.1, 0.15) is 56.8 Å². The van der Waals surface area contributed by atoms with Gasteiger partial charge in [-0.2, -0.15) is 0 Å². The highest BCUT2D eigenvalue weighted by molar-refractivity contribution is 6.33. The Labute approximate surface area is 159 Å². The van der Waals surface area contributed by atoms with Crippen molar-refractivity contribution in [2.24, 2.45) is 0 Å². The van der Waals surface area contributed by atoms with Crippen LogP contribution in [0.4, 0.5) is 5.82 Å². The second-order valence-electron chi connectivity index (χ2n) is 8.13. The Balaban J connectivity index is 1.67. The SMILES string of the molecule is CC(C)(C)N1CC(Nc2ncc(C(=O)N3CCCCC3)cc2Cl)CC1=O. The Morgan fingerprint density at radius 3 is 2.54 bits per heavy atom. The molecule has 2 aliphatic rings. The van der Waals surface area contributed by atoms with Gasteiger partial charge in [0, 0.05) is 37.8 Å². The summed E-state index contributed by atoms with van der Waals surface area (Å²) < 4.78 is 0. The minimum absolute atomic E-state index is 0.0133. The highest BCUT2D eigenvalue weighted by Gasteiger charge is 2.36. The van der Waals surface area contributed by atoms with Crippen LogP contribution in [0.5, 0.6) is 0 Å². The van der Waals surface area contributed by atoms with Crippen molar-refractivity contribution >= 4 is 29.2 Å². The molecule has 142 valence electrons. The van der Waals surface area contributed by atoms with Gasteiger partial charge in [0.2, 0.25) is 5.91 Å². The monoisotopic (exact) mass is 378 g/mol. The number of aromatic nitrogens is 1. The number of nitrogens with one attached hydrogen (secondary N) is 1. The first kappa shape index (κ1) is 19.0. The summed E-state index contributed by atoms with van der Waals surface area (Å²) in [4.78, 5) is 32.8. The average Bonchev–Trinajstić information content (AvgIpc) is 2.97. The third-order valence-electron chi connectivity index (χ3n) is 5.01. The summed E-state index contributed by atoms with van der Waals surface area (Å²) in [6.07, 6.45) is 5.27. The smallest absolute Gasteiger partial charge is 0.255 e. The van der Waals surface area contributed by atoms with Crippen molar-refractivity contribution in [1.29, 1.82) is 0 Å². The summed E-state index contributed by atoms with van der Waals surface area (Å²) >= 11 is 6.36. The molecule has 0 radical (unpaired) electrons. The van der Waals surface area contributed by atoms with Crippen LogP contribution >= 0.6 is 11.6 Å². The molecule has 6 nitrogen and oxygen atoms in total. The number of hydrogen-bond donors (Lipinski definition) is 1. The van der Waals surface area contributed by atoms with Crippen LogP contribution in [0.3, 0.4) is 0 Å². The predicted octanol–water partition coefficient (Wildman–Crippen LogP) is 3.17. The number of amides is 2. The molecule has 1 aromatic rings. The molecule has 1 unspecified atom stereocenters. The van der Waals surface area contributed by atoms with Gasteiger partial charge in [-0.15, -0.1) is 0 Å². The fraction of sp³-hybridized carbons (Fsp3) is 0.632. The van der Waals surface area contributed by atoms with E-state index in [9.17, 15) is 9.59 Å². The third kappa shape index (κ3) is 4.11. The Kier molecular flexibility index (Phi) is 5.42. The molecule has 3 heterocycles. The van der Waals surface area contributed by atoms with Gasteiger partial charge in [-0.25, -0.2) is 4.98 Å². The maximum Gasteiger partial charge on any atom is 0.255 e. The van der Waals surface area contributed by atoms with E-state index >= 15 is 0 Å². The van der Waals surface area contributed by atoms with Crippen LogP contribution in [0.25, 0.3) is 0 Å². The van der Waals surface area contributed by atoms with Crippen LogP contribution in [-0.4, -0.2) is 57.8 Å². The van der Waals surface area contributed by atoms with Crippen LogP contribution in [-0.2, 0) is 4.79 Å². The number of hydrogen-bond acceptors (Lipinski definition) is 4. The summed E-state index contributed by atoms with van der Waals surface area (Å²) in [5.74, 6) is 0.638. The molecule has 1 N–H and O–H groups in total. The van der Waals surface area contributed by atoms with E-state index in [4.69, 9.17) is 11.6 Å². The number of rotatable bonds is 3. The number of carbonyl (C=O) groups is 2. The van der Waals surface area contributed by atoms with E-state index in [-0.39, 0.29) is 23.4 Å². The van der Waals surface area contributed by atoms with E-state index in [0.717, 1.165) is 25.9 Å². The highest BCUT2D eigenvalue weighted by atomic mass is 35.5. The van der Waals surface area contributed by atoms with Crippen LogP contribution < -0.4 is 5.32 Å². The second kappa shape index (κ2) is 7.43. The van der Waals surface area contributed by atoms with Gasteiger partial charge >= 0.3 is 0 Å². The zero-order chi connectivity index (χ0) is 18.9. The van der Waals surface area contributed by atoms with Gasteiger partial charge < -0.3 is 15.1 Å². The second-order valence-corrected chi connectivity index (χ2v) is 8.54. The first-order valence-corrected chi connectivity index (χ1v) is 9.65. The molecule has 0 aliphatic carbocycles. The minimum Gasteiger partial charge on any atom is -0.364 e. The maximum atomic E-state index is 12.6. The standard InChI is InChI=1S/C19H27ClN4O2/c1-19(2,3)24-12-14(10-16(24)25)22-17-15(20)9-13(11-21-17)18(26)23-7-5-4-6-8-23/h9,11,14H,4-8,10,12H2,1-3H3,(H,21,22). The molecule has 1 atom stereocenters. The van der Waals surface area contributed by atoms with E-state index < -0.39 is 0 Å². The number of anilines is 1. The number of halogens is 1. The minimum atomic E-state index is -0.199. The lowest BCUT2D eigenvalue weighted by Crippen LogP contribution is -2.43. The zero-order valence-electron chi connectivity index (χ0n) is 15.7. The highest BCUT2D eigenvalue weighted by Crippen LogP contribution is 2.27. The van der Waals surface area contributed by atoms with Gasteiger partial charge in [0.1, 0.15) is 5.82 Å². The molecular weight excluding hydrogens is 352 g/mol. The number of nitrogens with zero attached hydrogens (tertiary/aromatic N) is 3. The van der Waals surface area contributed by atoms with E-state index in [1.807, 2.05) is 30.6 Å². The predicted molar refractivity (Wildman–Crippen MR) is 102 cm³/mol. The molecule has 26 heavy (non-hydrogen) atoms. The third-order valence-corrected chi connectivity index (χ3v) is 5.30. The summed E-state index contributed by atoms with van der Waals surface area (Å²) in [5, 5.41) is 3.67. The first-order chi connectivity index (χ1) is 12.3. The van der Waals surface area contributed by atoms with Gasteiger partial charge in [-0.1, -0.05) is 11.6 Å². The van der Waals surface area contributed by atoms with Gasteiger partial charge in [-0.05, 0) is 46.1 Å². The van der Waals surface area contributed by atoms with Crippen molar-refractivity contribution in [1.82, 2.24) is 14.8 Å². The molecule has 0 saturated carbocycles. The van der Waals surface area contributed by atoms with E-state index in [2.05, 4.69) is 10.3 Å². The molecule has 2 amide bonds. The Morgan fingerprint density at radius 1 is 1.27 bits per heavy atom. The molecular formula is C19H27ClN4O2. The molecule has 2 saturated heterocycles. The first-order valence-electron chi connectivity index (χ1n) is 9.27. The van der Waals surface area contributed by atoms with Gasteiger partial charge in [-0.3, -0.25) is 9.59 Å². The van der Waals surface area contributed by atoms with Crippen molar-refractivity contribution < 1.29 is 9.59 Å². The van der Waals surface area contributed by atoms with Crippen molar-refractivity contribution in [3.05, 3.63) is 22.8 Å². The maximum absolute atomic E-state index is 12.6. The van der Waals surface area contributed by atoms with Gasteiger partial charge in [0.05, 0.1) is 16.6 Å². The zero-order valence-corrected chi connectivity index (χ0v) is 16.5. The number of likely N-dealkylation sites (tertiary alicyclic amines) is 2. The quantitative estimate of drug-likeness (QED) is 0.877. The summed E-state index contributed by atoms with van der Waals surface area (Å²) in [5.41, 5.74) is 0.316. The molecule has 0 spiro atoms. The van der Waals surface area contributed by atoms with E-state index in [1.165, 1.54) is 6.42 Å². The number of carbonyl (C=O) groups excluding carboxylic acids is 2. The molecule has 3 rings (SSSR count). The molecule has 2 aliphatic heterocycles. The van der Waals surface area contributed by atoms with Crippen molar-refractivity contribution in [3.8, 4) is 0 Å². The van der Waals surface area contributed by atoms with E-state index in [0.29, 0.717) is 29.4 Å². The van der Waals surface area contributed by atoms with Crippen LogP contribution in [0.15, 0.2) is 12.3 Å². The molecule has 7 heteroatoms. The average molecular weight is 379 g/mol. The van der Waals surface area contributed by atoms with Crippen LogP contribution in [0.2, 0.25) is 5.02 Å². The van der Waals surface area contributed by atoms with Gasteiger partial charge in [0.25, 0.3) is 5.91 Å². The lowest BCUT2D eigenvalue weighted by atomic mass is 10.1. The molecule has 1 aromatic heterocycles. The van der Waals surface area contributed by atoms with Crippen molar-refractivity contribution in [2.75, 3.05) is 25.0 Å².